The number of pyridine rings is 2. The molecule has 0 aliphatic rings. The molecule has 0 bridgehead atoms. The smallest absolute Gasteiger partial charge is 0.138 e. The standard InChI is InChI=1S/C48H31N4P/c1-3-16-34(17-4-1)53(35-18-5-2-6-19-35)52-44-25-10-8-20-36(44)38-28-27-33-30-41-37-21-7-9-24-43(37)51(45(41)31-40(33)48(38)52)46-26-12-23-42(50-46)39-22-11-14-32-15-13-29-49-47(32)39/h1-31H. The summed E-state index contributed by atoms with van der Waals surface area (Å²) in [4.78, 5) is 10.1. The van der Waals surface area contributed by atoms with Gasteiger partial charge >= 0.3 is 0 Å². The third kappa shape index (κ3) is 4.66. The van der Waals surface area contributed by atoms with Crippen molar-refractivity contribution in [2.45, 2.75) is 0 Å². The van der Waals surface area contributed by atoms with E-state index in [0.29, 0.717) is 0 Å². The van der Waals surface area contributed by atoms with Crippen LogP contribution in [0, 0.1) is 0 Å². The van der Waals surface area contributed by atoms with E-state index in [4.69, 9.17) is 9.97 Å². The lowest BCUT2D eigenvalue weighted by atomic mass is 10.0. The van der Waals surface area contributed by atoms with Gasteiger partial charge < -0.3 is 4.34 Å². The van der Waals surface area contributed by atoms with Gasteiger partial charge in [-0.3, -0.25) is 9.55 Å². The third-order valence-corrected chi connectivity index (χ3v) is 12.9. The molecule has 0 atom stereocenters. The number of aromatic nitrogens is 4. The quantitative estimate of drug-likeness (QED) is 0.168. The summed E-state index contributed by atoms with van der Waals surface area (Å²) in [6.07, 6.45) is 1.86. The normalized spacial score (nSPS) is 11.9. The number of hydrogen-bond acceptors (Lipinski definition) is 2. The van der Waals surface area contributed by atoms with Gasteiger partial charge in [-0.15, -0.1) is 0 Å². The summed E-state index contributed by atoms with van der Waals surface area (Å²) < 4.78 is 4.98. The Balaban J connectivity index is 1.24. The molecule has 4 heterocycles. The van der Waals surface area contributed by atoms with Gasteiger partial charge in [0.15, 0.2) is 0 Å². The van der Waals surface area contributed by atoms with E-state index in [9.17, 15) is 0 Å². The van der Waals surface area contributed by atoms with E-state index < -0.39 is 8.07 Å². The number of hydrogen-bond donors (Lipinski definition) is 0. The van der Waals surface area contributed by atoms with Crippen molar-refractivity contribution in [3.05, 3.63) is 188 Å². The maximum Gasteiger partial charge on any atom is 0.138 e. The number of benzene rings is 7. The Labute approximate surface area is 307 Å². The second kappa shape index (κ2) is 12.0. The molecule has 11 rings (SSSR count). The van der Waals surface area contributed by atoms with Crippen molar-refractivity contribution in [2.75, 3.05) is 0 Å². The Morgan fingerprint density at radius 3 is 1.91 bits per heavy atom. The summed E-state index contributed by atoms with van der Waals surface area (Å²) in [5.74, 6) is 0.879. The summed E-state index contributed by atoms with van der Waals surface area (Å²) in [6.45, 7) is 0. The molecular weight excluding hydrogens is 664 g/mol. The average Bonchev–Trinajstić information content (AvgIpc) is 3.73. The first kappa shape index (κ1) is 30.1. The fourth-order valence-electron chi connectivity index (χ4n) is 8.21. The van der Waals surface area contributed by atoms with E-state index >= 15 is 0 Å². The molecule has 4 nitrogen and oxygen atoms in total. The predicted molar refractivity (Wildman–Crippen MR) is 224 cm³/mol. The molecule has 0 fully saturated rings. The molecule has 0 radical (unpaired) electrons. The highest BCUT2D eigenvalue weighted by Gasteiger charge is 2.24. The van der Waals surface area contributed by atoms with Crippen LogP contribution in [0.1, 0.15) is 0 Å². The minimum Gasteiger partial charge on any atom is -0.310 e. The van der Waals surface area contributed by atoms with Crippen molar-refractivity contribution in [3.8, 4) is 17.1 Å². The van der Waals surface area contributed by atoms with Crippen LogP contribution in [0.5, 0.6) is 0 Å². The van der Waals surface area contributed by atoms with Gasteiger partial charge in [-0.1, -0.05) is 140 Å². The van der Waals surface area contributed by atoms with E-state index in [1.165, 1.54) is 54.0 Å². The van der Waals surface area contributed by atoms with Crippen LogP contribution < -0.4 is 10.6 Å². The largest absolute Gasteiger partial charge is 0.310 e. The molecule has 53 heavy (non-hydrogen) atoms. The summed E-state index contributed by atoms with van der Waals surface area (Å²) in [5.41, 5.74) is 7.64. The Morgan fingerprint density at radius 2 is 1.11 bits per heavy atom. The molecule has 0 amide bonds. The number of para-hydroxylation sites is 3. The summed E-state index contributed by atoms with van der Waals surface area (Å²) in [5, 5.41) is 11.1. The first-order valence-electron chi connectivity index (χ1n) is 17.9. The van der Waals surface area contributed by atoms with Crippen LogP contribution in [0.4, 0.5) is 0 Å². The average molecular weight is 695 g/mol. The van der Waals surface area contributed by atoms with Crippen molar-refractivity contribution in [1.29, 1.82) is 0 Å². The molecular formula is C48H31N4P. The lowest BCUT2D eigenvalue weighted by molar-refractivity contribution is 1.08. The van der Waals surface area contributed by atoms with Crippen molar-refractivity contribution >= 4 is 84.0 Å². The fourth-order valence-corrected chi connectivity index (χ4v) is 10.7. The van der Waals surface area contributed by atoms with E-state index in [1.807, 2.05) is 12.3 Å². The van der Waals surface area contributed by atoms with Crippen molar-refractivity contribution in [2.24, 2.45) is 0 Å². The van der Waals surface area contributed by atoms with Crippen LogP contribution in [0.25, 0.3) is 82.4 Å². The van der Waals surface area contributed by atoms with Gasteiger partial charge in [-0.05, 0) is 47.9 Å². The topological polar surface area (TPSA) is 35.6 Å². The Morgan fingerprint density at radius 1 is 0.434 bits per heavy atom. The first-order chi connectivity index (χ1) is 26.3. The summed E-state index contributed by atoms with van der Waals surface area (Å²) in [6, 6.07) is 65.8. The minimum atomic E-state index is -0.949. The third-order valence-electron chi connectivity index (χ3n) is 10.5. The van der Waals surface area contributed by atoms with Gasteiger partial charge in [0.2, 0.25) is 0 Å². The van der Waals surface area contributed by atoms with Crippen LogP contribution in [0.3, 0.4) is 0 Å². The second-order valence-electron chi connectivity index (χ2n) is 13.5. The summed E-state index contributed by atoms with van der Waals surface area (Å²) >= 11 is 0. The van der Waals surface area contributed by atoms with Crippen LogP contribution in [-0.2, 0) is 0 Å². The van der Waals surface area contributed by atoms with E-state index in [2.05, 4.69) is 185 Å². The van der Waals surface area contributed by atoms with Crippen LogP contribution in [-0.4, -0.2) is 18.9 Å². The number of rotatable bonds is 5. The highest BCUT2D eigenvalue weighted by Crippen LogP contribution is 2.47. The zero-order valence-electron chi connectivity index (χ0n) is 28.6. The van der Waals surface area contributed by atoms with Crippen molar-refractivity contribution in [3.63, 3.8) is 0 Å². The van der Waals surface area contributed by atoms with Gasteiger partial charge in [0.05, 0.1) is 41.3 Å². The molecule has 0 aliphatic carbocycles. The monoisotopic (exact) mass is 694 g/mol. The minimum absolute atomic E-state index is 0.879. The molecule has 0 spiro atoms. The molecule has 0 saturated carbocycles. The van der Waals surface area contributed by atoms with Gasteiger partial charge in [0.1, 0.15) is 5.82 Å². The van der Waals surface area contributed by atoms with E-state index in [-0.39, 0.29) is 0 Å². The van der Waals surface area contributed by atoms with Crippen LogP contribution in [0.15, 0.2) is 188 Å². The molecule has 248 valence electrons. The fraction of sp³-hybridized carbons (Fsp3) is 0. The molecule has 0 aliphatic heterocycles. The highest BCUT2D eigenvalue weighted by atomic mass is 31.1. The molecule has 0 saturated heterocycles. The lowest BCUT2D eigenvalue weighted by Crippen LogP contribution is -2.16. The molecule has 0 N–H and O–H groups in total. The zero-order valence-corrected chi connectivity index (χ0v) is 29.5. The lowest BCUT2D eigenvalue weighted by Gasteiger charge is -2.23. The maximum atomic E-state index is 5.36. The molecule has 11 aromatic rings. The van der Waals surface area contributed by atoms with Gasteiger partial charge in [0, 0.05) is 54.7 Å². The molecule has 5 heteroatoms. The first-order valence-corrected chi connectivity index (χ1v) is 19.2. The van der Waals surface area contributed by atoms with E-state index in [1.54, 1.807) is 0 Å². The van der Waals surface area contributed by atoms with Gasteiger partial charge in [-0.25, -0.2) is 4.98 Å². The van der Waals surface area contributed by atoms with E-state index in [0.717, 1.165) is 39.0 Å². The van der Waals surface area contributed by atoms with Crippen molar-refractivity contribution < 1.29 is 0 Å². The van der Waals surface area contributed by atoms with Crippen LogP contribution in [0.2, 0.25) is 0 Å². The van der Waals surface area contributed by atoms with Crippen LogP contribution >= 0.6 is 8.07 Å². The Bertz CT molecular complexity index is 3140. The predicted octanol–water partition coefficient (Wildman–Crippen LogP) is 11.6. The molecule has 7 aromatic carbocycles. The summed E-state index contributed by atoms with van der Waals surface area (Å²) in [7, 11) is -0.949. The zero-order chi connectivity index (χ0) is 34.9. The number of fused-ring (bicyclic) bond motifs is 9. The molecule has 4 aromatic heterocycles. The Kier molecular flexibility index (Phi) is 6.80. The number of nitrogens with zero attached hydrogens (tertiary/aromatic N) is 4. The Hall–Kier alpha value is -6.61. The maximum absolute atomic E-state index is 5.36. The van der Waals surface area contributed by atoms with Gasteiger partial charge in [-0.2, -0.15) is 0 Å². The van der Waals surface area contributed by atoms with Crippen molar-refractivity contribution in [1.82, 2.24) is 18.9 Å². The van der Waals surface area contributed by atoms with Gasteiger partial charge in [0.25, 0.3) is 0 Å². The second-order valence-corrected chi connectivity index (χ2v) is 15.5. The molecule has 0 unspecified atom stereocenters. The highest BCUT2D eigenvalue weighted by molar-refractivity contribution is 7.72. The SMILES string of the molecule is c1ccc(P(c2ccccc2)n2c3ccccc3c3ccc4cc5c6ccccc6n(-c6cccc(-c7cccc8cccnc78)n6)c5cc4c32)cc1.